The van der Waals surface area contributed by atoms with Gasteiger partial charge in [0.25, 0.3) is 5.56 Å². The van der Waals surface area contributed by atoms with Crippen LogP contribution < -0.4 is 10.3 Å². The van der Waals surface area contributed by atoms with Crippen molar-refractivity contribution in [2.75, 3.05) is 7.05 Å². The second-order valence-corrected chi connectivity index (χ2v) is 9.88. The molecular formula is C26H25BClF2N5O3. The molecule has 1 aliphatic heterocycles. The summed E-state index contributed by atoms with van der Waals surface area (Å²) in [5.74, 6) is -1.65. The minimum atomic E-state index is -1.43. The van der Waals surface area contributed by atoms with Gasteiger partial charge >= 0.3 is 0 Å². The Kier molecular flexibility index (Phi) is 7.45. The van der Waals surface area contributed by atoms with Crippen molar-refractivity contribution in [3.05, 3.63) is 98.4 Å². The number of aliphatic hydroxyl groups is 1. The van der Waals surface area contributed by atoms with E-state index in [0.29, 0.717) is 23.2 Å². The van der Waals surface area contributed by atoms with Crippen molar-refractivity contribution in [3.8, 4) is 5.75 Å². The van der Waals surface area contributed by atoms with Gasteiger partial charge in [0.15, 0.2) is 11.6 Å². The predicted octanol–water partition coefficient (Wildman–Crippen LogP) is 4.18. The number of hydrogen-bond acceptors (Lipinski definition) is 7. The molecule has 4 rings (SSSR count). The lowest BCUT2D eigenvalue weighted by atomic mass is 9.95. The molecule has 12 heteroatoms. The van der Waals surface area contributed by atoms with Gasteiger partial charge in [-0.3, -0.25) is 14.3 Å². The number of pyridine rings is 2. The maximum Gasteiger partial charge on any atom is 0.277 e. The first kappa shape index (κ1) is 27.5. The molecule has 0 aliphatic carbocycles. The van der Waals surface area contributed by atoms with Crippen molar-refractivity contribution in [1.29, 1.82) is 0 Å². The number of rotatable bonds is 6. The maximum absolute atomic E-state index is 14.1. The number of aromatic nitrogens is 4. The van der Waals surface area contributed by atoms with Gasteiger partial charge in [-0.15, -0.1) is 0 Å². The molecule has 0 bridgehead atoms. The molecule has 38 heavy (non-hydrogen) atoms. The van der Waals surface area contributed by atoms with E-state index >= 15 is 0 Å². The quantitative estimate of drug-likeness (QED) is 0.470. The standard InChI is InChI=1S/C26H25BClF2N5O3/c1-13-12-34(5)19(17-6-7-31-25(33-17)26(3,4)37)10-18(13)35-14(2)8-20(21(28)24(35)36)38-23(27)22-16(30)9-15(29)11-32-22/h6-12,19,23,37H,1-5H3. The topological polar surface area (TPSA) is 93.4 Å². The van der Waals surface area contributed by atoms with Crippen molar-refractivity contribution in [2.45, 2.75) is 45.3 Å². The first-order chi connectivity index (χ1) is 17.8. The minimum absolute atomic E-state index is 0.0687. The van der Waals surface area contributed by atoms with E-state index < -0.39 is 28.8 Å². The van der Waals surface area contributed by atoms with Crippen molar-refractivity contribution in [3.63, 3.8) is 0 Å². The van der Waals surface area contributed by atoms with E-state index in [2.05, 4.69) is 15.0 Å². The van der Waals surface area contributed by atoms with E-state index in [4.69, 9.17) is 24.2 Å². The molecule has 8 nitrogen and oxygen atoms in total. The molecule has 0 saturated heterocycles. The van der Waals surface area contributed by atoms with Crippen LogP contribution in [0.3, 0.4) is 0 Å². The highest BCUT2D eigenvalue weighted by molar-refractivity contribution is 6.32. The average Bonchev–Trinajstić information content (AvgIpc) is 2.83. The first-order valence-electron chi connectivity index (χ1n) is 11.6. The summed E-state index contributed by atoms with van der Waals surface area (Å²) in [6.45, 7) is 6.74. The van der Waals surface area contributed by atoms with Crippen LogP contribution >= 0.6 is 11.6 Å². The lowest BCUT2D eigenvalue weighted by Crippen LogP contribution is -2.29. The molecule has 3 aromatic rings. The lowest BCUT2D eigenvalue weighted by molar-refractivity contribution is 0.0682. The summed E-state index contributed by atoms with van der Waals surface area (Å²) < 4.78 is 34.3. The zero-order valence-corrected chi connectivity index (χ0v) is 22.2. The molecule has 1 N–H and O–H groups in total. The summed E-state index contributed by atoms with van der Waals surface area (Å²) in [4.78, 5) is 27.7. The van der Waals surface area contributed by atoms with Crippen LogP contribution in [0.15, 0.2) is 53.2 Å². The fourth-order valence-electron chi connectivity index (χ4n) is 4.12. The van der Waals surface area contributed by atoms with E-state index in [9.17, 15) is 18.7 Å². The Hall–Kier alpha value is -3.57. The number of hydrogen-bond donors (Lipinski definition) is 1. The molecule has 0 aromatic carbocycles. The van der Waals surface area contributed by atoms with Crippen molar-refractivity contribution < 1.29 is 18.6 Å². The maximum atomic E-state index is 14.1. The Balaban J connectivity index is 1.73. The van der Waals surface area contributed by atoms with Gasteiger partial charge in [0, 0.05) is 37.3 Å². The highest BCUT2D eigenvalue weighted by atomic mass is 35.5. The molecule has 2 atom stereocenters. The zero-order chi connectivity index (χ0) is 27.9. The largest absolute Gasteiger partial charge is 0.492 e. The molecule has 196 valence electrons. The van der Waals surface area contributed by atoms with Gasteiger partial charge in [0.2, 0.25) is 0 Å². The highest BCUT2D eigenvalue weighted by Crippen LogP contribution is 2.34. The van der Waals surface area contributed by atoms with E-state index in [1.807, 2.05) is 31.1 Å². The third-order valence-electron chi connectivity index (χ3n) is 5.98. The fourth-order valence-corrected chi connectivity index (χ4v) is 4.30. The van der Waals surface area contributed by atoms with Crippen LogP contribution in [0.1, 0.15) is 55.7 Å². The van der Waals surface area contributed by atoms with Gasteiger partial charge in [-0.2, -0.15) is 0 Å². The van der Waals surface area contributed by atoms with E-state index in [1.54, 1.807) is 33.0 Å². The van der Waals surface area contributed by atoms with Crippen molar-refractivity contribution >= 4 is 25.1 Å². The smallest absolute Gasteiger partial charge is 0.277 e. The van der Waals surface area contributed by atoms with Gasteiger partial charge in [0.05, 0.1) is 29.6 Å². The van der Waals surface area contributed by atoms with Crippen LogP contribution in [0.2, 0.25) is 5.02 Å². The van der Waals surface area contributed by atoms with Gasteiger partial charge in [-0.25, -0.2) is 18.7 Å². The van der Waals surface area contributed by atoms with Crippen molar-refractivity contribution in [2.24, 2.45) is 0 Å². The monoisotopic (exact) mass is 539 g/mol. The van der Waals surface area contributed by atoms with Gasteiger partial charge < -0.3 is 14.7 Å². The number of ether oxygens (including phenoxy) is 1. The van der Waals surface area contributed by atoms with E-state index in [0.717, 1.165) is 11.8 Å². The second-order valence-electron chi connectivity index (χ2n) is 9.50. The molecule has 1 aliphatic rings. The minimum Gasteiger partial charge on any atom is -0.492 e. The fraction of sp³-hybridized carbons (Fsp3) is 0.308. The van der Waals surface area contributed by atoms with Crippen LogP contribution in [0.25, 0.3) is 5.70 Å². The number of likely N-dealkylation sites (N-methyl/N-ethyl adjacent to an activating group) is 1. The molecular weight excluding hydrogens is 515 g/mol. The summed E-state index contributed by atoms with van der Waals surface area (Å²) in [7, 11) is 7.79. The summed E-state index contributed by atoms with van der Waals surface area (Å²) in [6.07, 6.45) is 6.12. The van der Waals surface area contributed by atoms with Crippen LogP contribution in [-0.4, -0.2) is 44.4 Å². The number of nitrogens with zero attached hydrogens (tertiary/aromatic N) is 5. The van der Waals surface area contributed by atoms with E-state index in [1.165, 1.54) is 10.6 Å². The SMILES string of the molecule is [B]C(Oc1cc(C)n(C2=CC(c3ccnc(C(C)(C)O)n3)N(C)C=C2C)c(=O)c1Cl)c1ncc(F)cc1F. The van der Waals surface area contributed by atoms with Crippen LogP contribution in [0.4, 0.5) is 8.78 Å². The van der Waals surface area contributed by atoms with Crippen molar-refractivity contribution in [1.82, 2.24) is 24.4 Å². The molecule has 0 amide bonds. The average molecular weight is 540 g/mol. The Morgan fingerprint density at radius 2 is 1.95 bits per heavy atom. The van der Waals surface area contributed by atoms with Crippen LogP contribution in [0, 0.1) is 18.6 Å². The van der Waals surface area contributed by atoms with Gasteiger partial charge in [0.1, 0.15) is 35.7 Å². The molecule has 2 unspecified atom stereocenters. The summed E-state index contributed by atoms with van der Waals surface area (Å²) in [5.41, 5.74) is 0.301. The normalized spacial score (nSPS) is 16.7. The Morgan fingerprint density at radius 3 is 2.61 bits per heavy atom. The highest BCUT2D eigenvalue weighted by Gasteiger charge is 2.27. The first-order valence-corrected chi connectivity index (χ1v) is 12.0. The molecule has 3 aromatic heterocycles. The van der Waals surface area contributed by atoms with Gasteiger partial charge in [-0.1, -0.05) is 11.6 Å². The molecule has 0 spiro atoms. The number of halogens is 3. The number of aryl methyl sites for hydroxylation is 1. The Bertz CT molecular complexity index is 1520. The van der Waals surface area contributed by atoms with Gasteiger partial charge in [-0.05, 0) is 45.4 Å². The zero-order valence-electron chi connectivity index (χ0n) is 21.4. The van der Waals surface area contributed by atoms with Crippen LogP contribution in [0.5, 0.6) is 5.75 Å². The molecule has 2 radical (unpaired) electrons. The van der Waals surface area contributed by atoms with Crippen LogP contribution in [-0.2, 0) is 5.60 Å². The number of allylic oxidation sites excluding steroid dienone is 2. The van der Waals surface area contributed by atoms with E-state index in [-0.39, 0.29) is 28.3 Å². The Morgan fingerprint density at radius 1 is 1.24 bits per heavy atom. The third-order valence-corrected chi connectivity index (χ3v) is 6.33. The summed E-state index contributed by atoms with van der Waals surface area (Å²) in [6, 6.07) is 2.07. The summed E-state index contributed by atoms with van der Waals surface area (Å²) in [5, 5.41) is 10.1. The Labute approximate surface area is 224 Å². The second kappa shape index (κ2) is 10.3. The lowest BCUT2D eigenvalue weighted by Gasteiger charge is -2.31. The molecule has 0 fully saturated rings. The molecule has 0 saturated carbocycles. The third kappa shape index (κ3) is 5.35. The summed E-state index contributed by atoms with van der Waals surface area (Å²) >= 11 is 6.39. The predicted molar refractivity (Wildman–Crippen MR) is 140 cm³/mol. The molecule has 4 heterocycles.